The van der Waals surface area contributed by atoms with Crippen molar-refractivity contribution in [2.45, 2.75) is 4.90 Å². The number of hydrogen-bond acceptors (Lipinski definition) is 6. The summed E-state index contributed by atoms with van der Waals surface area (Å²) in [5.41, 5.74) is 2.87. The van der Waals surface area contributed by atoms with Crippen LogP contribution in [0.2, 0.25) is 0 Å². The molecule has 1 aliphatic rings. The molecule has 168 valence electrons. The van der Waals surface area contributed by atoms with E-state index in [4.69, 9.17) is 5.14 Å². The van der Waals surface area contributed by atoms with Gasteiger partial charge in [0.25, 0.3) is 5.91 Å². The number of nitrogens with two attached hydrogens (primary N) is 1. The van der Waals surface area contributed by atoms with E-state index in [0.717, 1.165) is 16.5 Å². The number of sulfonamides is 1. The lowest BCUT2D eigenvalue weighted by Crippen LogP contribution is -2.28. The van der Waals surface area contributed by atoms with Crippen LogP contribution in [0, 0.1) is 0 Å². The van der Waals surface area contributed by atoms with Crippen molar-refractivity contribution in [2.75, 3.05) is 4.90 Å². The van der Waals surface area contributed by atoms with Gasteiger partial charge in [-0.2, -0.15) is 0 Å². The molecule has 2 N–H and O–H groups in total. The molecule has 5 rings (SSSR count). The van der Waals surface area contributed by atoms with Crippen molar-refractivity contribution in [2.24, 2.45) is 10.1 Å². The van der Waals surface area contributed by atoms with Crippen molar-refractivity contribution >= 4 is 61.2 Å². The van der Waals surface area contributed by atoms with E-state index >= 15 is 0 Å². The summed E-state index contributed by atoms with van der Waals surface area (Å²) in [6, 6.07) is 24.9. The Bertz CT molecular complexity index is 1570. The summed E-state index contributed by atoms with van der Waals surface area (Å²) < 4.78 is 23.1. The third kappa shape index (κ3) is 4.49. The van der Waals surface area contributed by atoms with Gasteiger partial charge in [-0.1, -0.05) is 36.4 Å². The molecule has 1 amide bonds. The molecular weight excluding hydrogens is 468 g/mol. The molecule has 1 aromatic heterocycles. The summed E-state index contributed by atoms with van der Waals surface area (Å²) in [6.45, 7) is 0. The lowest BCUT2D eigenvalue weighted by molar-refractivity contribution is -0.113. The van der Waals surface area contributed by atoms with Crippen molar-refractivity contribution in [1.82, 2.24) is 4.98 Å². The zero-order valence-corrected chi connectivity index (χ0v) is 19.3. The highest BCUT2D eigenvalue weighted by Crippen LogP contribution is 2.37. The maximum atomic E-state index is 13.4. The van der Waals surface area contributed by atoms with Crippen LogP contribution in [0.25, 0.3) is 17.0 Å². The number of primary sulfonamides is 1. The molecule has 0 atom stereocenters. The van der Waals surface area contributed by atoms with Crippen molar-refractivity contribution in [1.29, 1.82) is 0 Å². The number of benzene rings is 3. The molecule has 4 aromatic rings. The topological polar surface area (TPSA) is 106 Å². The summed E-state index contributed by atoms with van der Waals surface area (Å²) in [5.74, 6) is -0.204. The summed E-state index contributed by atoms with van der Waals surface area (Å²) in [6.07, 6.45) is 3.53. The van der Waals surface area contributed by atoms with Gasteiger partial charge in [-0.3, -0.25) is 14.7 Å². The van der Waals surface area contributed by atoms with Crippen LogP contribution in [-0.2, 0) is 14.8 Å². The van der Waals surface area contributed by atoms with E-state index in [1.54, 1.807) is 29.3 Å². The van der Waals surface area contributed by atoms with Crippen molar-refractivity contribution in [3.05, 3.63) is 102 Å². The highest BCUT2D eigenvalue weighted by molar-refractivity contribution is 8.19. The van der Waals surface area contributed by atoms with Crippen LogP contribution in [0.4, 0.5) is 11.4 Å². The molecule has 0 unspecified atom stereocenters. The standard InChI is InChI=1S/C25H18N4O3S2/c26-34(31,32)21-12-10-19(11-13-21)28-25-29(20-7-2-1-3-8-20)24(30)23(33-25)15-17-14-18-6-4-5-9-22(18)27-16-17/h1-16H,(H2,26,31,32)/b23-15?,28-25-. The Hall–Kier alpha value is -3.79. The minimum absolute atomic E-state index is 0.00379. The molecule has 3 aromatic carbocycles. The van der Waals surface area contributed by atoms with Crippen LogP contribution < -0.4 is 10.0 Å². The fourth-order valence-corrected chi connectivity index (χ4v) is 5.01. The Morgan fingerprint density at radius 1 is 0.941 bits per heavy atom. The van der Waals surface area contributed by atoms with Crippen LogP contribution in [0.3, 0.4) is 0 Å². The average molecular weight is 487 g/mol. The summed E-state index contributed by atoms with van der Waals surface area (Å²) >= 11 is 1.24. The molecule has 0 aliphatic carbocycles. The number of amides is 1. The zero-order valence-electron chi connectivity index (χ0n) is 17.7. The van der Waals surface area contributed by atoms with Gasteiger partial charge < -0.3 is 0 Å². The van der Waals surface area contributed by atoms with Crippen molar-refractivity contribution in [3.8, 4) is 0 Å². The molecule has 34 heavy (non-hydrogen) atoms. The molecule has 7 nitrogen and oxygen atoms in total. The number of thioether (sulfide) groups is 1. The van der Waals surface area contributed by atoms with Gasteiger partial charge in [-0.05, 0) is 71.9 Å². The van der Waals surface area contributed by atoms with Gasteiger partial charge in [-0.25, -0.2) is 18.5 Å². The number of rotatable bonds is 4. The molecule has 0 bridgehead atoms. The second kappa shape index (κ2) is 8.86. The molecule has 1 fully saturated rings. The van der Waals surface area contributed by atoms with Crippen LogP contribution in [0.5, 0.6) is 0 Å². The number of aliphatic imine (C=N–C) groups is 1. The normalized spacial score (nSPS) is 16.6. The van der Waals surface area contributed by atoms with E-state index in [2.05, 4.69) is 9.98 Å². The van der Waals surface area contributed by atoms with Gasteiger partial charge in [0, 0.05) is 11.6 Å². The molecule has 1 saturated heterocycles. The van der Waals surface area contributed by atoms with Crippen LogP contribution >= 0.6 is 11.8 Å². The largest absolute Gasteiger partial charge is 0.271 e. The van der Waals surface area contributed by atoms with Gasteiger partial charge in [-0.15, -0.1) is 0 Å². The molecule has 9 heteroatoms. The molecular formula is C25H18N4O3S2. The number of pyridine rings is 1. The predicted molar refractivity (Wildman–Crippen MR) is 136 cm³/mol. The van der Waals surface area contributed by atoms with Crippen LogP contribution in [-0.4, -0.2) is 24.5 Å². The molecule has 0 spiro atoms. The fourth-order valence-electron chi connectivity index (χ4n) is 3.49. The van der Waals surface area contributed by atoms with E-state index in [0.29, 0.717) is 21.4 Å². The maximum Gasteiger partial charge on any atom is 0.271 e. The van der Waals surface area contributed by atoms with Crippen LogP contribution in [0.1, 0.15) is 5.56 Å². The highest BCUT2D eigenvalue weighted by Gasteiger charge is 2.34. The number of amidine groups is 1. The number of aromatic nitrogens is 1. The number of fused-ring (bicyclic) bond motifs is 1. The summed E-state index contributed by atoms with van der Waals surface area (Å²) in [7, 11) is -3.80. The molecule has 0 radical (unpaired) electrons. The fraction of sp³-hybridized carbons (Fsp3) is 0. The van der Waals surface area contributed by atoms with Gasteiger partial charge in [0.15, 0.2) is 5.17 Å². The van der Waals surface area contributed by atoms with E-state index in [9.17, 15) is 13.2 Å². The Morgan fingerprint density at radius 2 is 1.65 bits per heavy atom. The maximum absolute atomic E-state index is 13.4. The van der Waals surface area contributed by atoms with E-state index in [-0.39, 0.29) is 10.8 Å². The smallest absolute Gasteiger partial charge is 0.268 e. The average Bonchev–Trinajstić information content (AvgIpc) is 3.13. The van der Waals surface area contributed by atoms with E-state index in [1.165, 1.54) is 23.9 Å². The SMILES string of the molecule is NS(=O)(=O)c1ccc(/N=C2\SC(=Cc3cnc4ccccc4c3)C(=O)N2c2ccccc2)cc1. The first-order valence-corrected chi connectivity index (χ1v) is 12.6. The number of carbonyl (C=O) groups excluding carboxylic acids is 1. The Balaban J connectivity index is 1.55. The Morgan fingerprint density at radius 3 is 2.38 bits per heavy atom. The van der Waals surface area contributed by atoms with Crippen LogP contribution in [0.15, 0.2) is 106 Å². The lowest BCUT2D eigenvalue weighted by atomic mass is 10.1. The summed E-state index contributed by atoms with van der Waals surface area (Å²) in [4.78, 5) is 24.5. The van der Waals surface area contributed by atoms with Gasteiger partial charge >= 0.3 is 0 Å². The number of hydrogen-bond donors (Lipinski definition) is 1. The van der Waals surface area contributed by atoms with Crippen molar-refractivity contribution in [3.63, 3.8) is 0 Å². The molecule has 1 aliphatic heterocycles. The number of carbonyl (C=O) groups is 1. The Kier molecular flexibility index (Phi) is 5.74. The lowest BCUT2D eigenvalue weighted by Gasteiger charge is -2.15. The Labute approximate surface area is 200 Å². The first-order valence-electron chi connectivity index (χ1n) is 10.2. The van der Waals surface area contributed by atoms with E-state index in [1.807, 2.05) is 60.7 Å². The van der Waals surface area contributed by atoms with E-state index < -0.39 is 10.0 Å². The van der Waals surface area contributed by atoms with Gasteiger partial charge in [0.1, 0.15) is 0 Å². The number of nitrogens with zero attached hydrogens (tertiary/aromatic N) is 3. The monoisotopic (exact) mass is 486 g/mol. The first kappa shape index (κ1) is 22.0. The first-order chi connectivity index (χ1) is 16.4. The molecule has 0 saturated carbocycles. The third-order valence-electron chi connectivity index (χ3n) is 5.12. The second-order valence-electron chi connectivity index (χ2n) is 7.48. The highest BCUT2D eigenvalue weighted by atomic mass is 32.2. The van der Waals surface area contributed by atoms with Gasteiger partial charge in [0.05, 0.1) is 26.7 Å². The predicted octanol–water partition coefficient (Wildman–Crippen LogP) is 4.69. The second-order valence-corrected chi connectivity index (χ2v) is 10.1. The minimum atomic E-state index is -3.80. The molecule has 2 heterocycles. The summed E-state index contributed by atoms with van der Waals surface area (Å²) in [5, 5.41) is 6.62. The zero-order chi connectivity index (χ0) is 23.7. The minimum Gasteiger partial charge on any atom is -0.268 e. The quantitative estimate of drug-likeness (QED) is 0.421. The third-order valence-corrected chi connectivity index (χ3v) is 7.02. The van der Waals surface area contributed by atoms with Crippen molar-refractivity contribution < 1.29 is 13.2 Å². The van der Waals surface area contributed by atoms with Gasteiger partial charge in [0.2, 0.25) is 10.0 Å². The number of para-hydroxylation sites is 2. The number of anilines is 1.